The second kappa shape index (κ2) is 9.07. The van der Waals surface area contributed by atoms with Gasteiger partial charge in [-0.1, -0.05) is 23.7 Å². The number of hydrogen-bond acceptors (Lipinski definition) is 8. The first-order chi connectivity index (χ1) is 15.6. The lowest BCUT2D eigenvalue weighted by atomic mass is 10.0. The maximum Gasteiger partial charge on any atom is 0.201 e. The summed E-state index contributed by atoms with van der Waals surface area (Å²) in [5.41, 5.74) is 11.4. The lowest BCUT2D eigenvalue weighted by Crippen LogP contribution is -2.45. The number of aromatic amines is 1. The van der Waals surface area contributed by atoms with Crippen molar-refractivity contribution in [2.24, 2.45) is 5.10 Å². The Morgan fingerprint density at radius 2 is 2.03 bits per heavy atom. The minimum atomic E-state index is -0.352. The Morgan fingerprint density at radius 1 is 1.22 bits per heavy atom. The van der Waals surface area contributed by atoms with E-state index in [0.717, 1.165) is 43.4 Å². The highest BCUT2D eigenvalue weighted by molar-refractivity contribution is 6.30. The van der Waals surface area contributed by atoms with Crippen molar-refractivity contribution in [3.05, 3.63) is 46.5 Å². The third-order valence-electron chi connectivity index (χ3n) is 5.96. The van der Waals surface area contributed by atoms with E-state index >= 15 is 0 Å². The molecular formula is C21H27ClN8O2. The average molecular weight is 459 g/mol. The Hall–Kier alpha value is -2.66. The van der Waals surface area contributed by atoms with E-state index in [2.05, 4.69) is 30.5 Å². The Labute approximate surface area is 190 Å². The first-order valence-electron chi connectivity index (χ1n) is 10.8. The molecule has 170 valence electrons. The second-order valence-electron chi connectivity index (χ2n) is 8.10. The Balaban J connectivity index is 1.25. The lowest BCUT2D eigenvalue weighted by Gasteiger charge is -2.37. The van der Waals surface area contributed by atoms with Gasteiger partial charge in [-0.05, 0) is 17.7 Å². The summed E-state index contributed by atoms with van der Waals surface area (Å²) in [7, 11) is 0. The van der Waals surface area contributed by atoms with Gasteiger partial charge in [0.25, 0.3) is 0 Å². The number of nitrogens with one attached hydrogen (secondary N) is 2. The van der Waals surface area contributed by atoms with E-state index in [1.54, 1.807) is 6.20 Å². The first-order valence-corrected chi connectivity index (χ1v) is 11.2. The molecule has 0 unspecified atom stereocenters. The van der Waals surface area contributed by atoms with Crippen molar-refractivity contribution >= 4 is 28.6 Å². The van der Waals surface area contributed by atoms with Crippen LogP contribution in [-0.2, 0) is 22.6 Å². The smallest absolute Gasteiger partial charge is 0.201 e. The van der Waals surface area contributed by atoms with Crippen molar-refractivity contribution in [2.45, 2.75) is 31.7 Å². The fourth-order valence-electron chi connectivity index (χ4n) is 4.24. The van der Waals surface area contributed by atoms with Crippen LogP contribution in [0.4, 0.5) is 5.95 Å². The maximum absolute atomic E-state index is 6.04. The molecule has 0 bridgehead atoms. The van der Waals surface area contributed by atoms with Crippen LogP contribution >= 0.6 is 11.6 Å². The predicted molar refractivity (Wildman–Crippen MR) is 120 cm³/mol. The van der Waals surface area contributed by atoms with E-state index < -0.39 is 0 Å². The SMILES string of the molecule is Nc1nc2c(cnn2CCN2CCC3(CC2)OCCO3)/c(=N/NCc2cccc(Cl)c2)[nH]1. The summed E-state index contributed by atoms with van der Waals surface area (Å²) in [6.45, 7) is 5.40. The second-order valence-corrected chi connectivity index (χ2v) is 8.54. The molecule has 0 aliphatic carbocycles. The molecule has 5 rings (SSSR count). The van der Waals surface area contributed by atoms with Crippen LogP contribution in [0.3, 0.4) is 0 Å². The van der Waals surface area contributed by atoms with Crippen LogP contribution in [0.5, 0.6) is 0 Å². The molecule has 32 heavy (non-hydrogen) atoms. The maximum atomic E-state index is 6.04. The van der Waals surface area contributed by atoms with Crippen LogP contribution < -0.4 is 16.6 Å². The topological polar surface area (TPSA) is 119 Å². The van der Waals surface area contributed by atoms with Gasteiger partial charge in [0.15, 0.2) is 16.9 Å². The molecule has 2 aromatic heterocycles. The number of fused-ring (bicyclic) bond motifs is 1. The molecule has 2 saturated heterocycles. The van der Waals surface area contributed by atoms with Gasteiger partial charge >= 0.3 is 0 Å². The molecule has 4 heterocycles. The van der Waals surface area contributed by atoms with Gasteiger partial charge < -0.3 is 30.5 Å². The molecular weight excluding hydrogens is 432 g/mol. The van der Waals surface area contributed by atoms with Crippen LogP contribution in [0.1, 0.15) is 18.4 Å². The summed E-state index contributed by atoms with van der Waals surface area (Å²) in [6.07, 6.45) is 3.56. The van der Waals surface area contributed by atoms with Crippen molar-refractivity contribution in [1.29, 1.82) is 0 Å². The minimum absolute atomic E-state index is 0.290. The molecule has 0 saturated carbocycles. The normalized spacial score (nSPS) is 19.2. The zero-order valence-corrected chi connectivity index (χ0v) is 18.5. The number of ether oxygens (including phenoxy) is 2. The molecule has 3 aromatic rings. The number of halogens is 1. The fourth-order valence-corrected chi connectivity index (χ4v) is 4.46. The van der Waals surface area contributed by atoms with Gasteiger partial charge in [-0.15, -0.1) is 0 Å². The molecule has 1 spiro atoms. The van der Waals surface area contributed by atoms with Crippen LogP contribution in [0, 0.1) is 0 Å². The molecule has 2 fully saturated rings. The Kier molecular flexibility index (Phi) is 6.01. The Morgan fingerprint density at radius 3 is 2.81 bits per heavy atom. The van der Waals surface area contributed by atoms with E-state index in [0.29, 0.717) is 42.5 Å². The number of hydrogen-bond donors (Lipinski definition) is 3. The first kappa shape index (κ1) is 21.2. The minimum Gasteiger partial charge on any atom is -0.369 e. The van der Waals surface area contributed by atoms with Crippen molar-refractivity contribution < 1.29 is 9.47 Å². The molecule has 0 atom stereocenters. The highest BCUT2D eigenvalue weighted by Crippen LogP contribution is 2.31. The van der Waals surface area contributed by atoms with Gasteiger partial charge in [0.2, 0.25) is 5.95 Å². The van der Waals surface area contributed by atoms with Gasteiger partial charge in [-0.25, -0.2) is 4.68 Å². The van der Waals surface area contributed by atoms with Crippen LogP contribution in [0.15, 0.2) is 35.6 Å². The monoisotopic (exact) mass is 458 g/mol. The van der Waals surface area contributed by atoms with Crippen LogP contribution in [0.2, 0.25) is 5.02 Å². The van der Waals surface area contributed by atoms with Gasteiger partial charge in [-0.2, -0.15) is 15.2 Å². The van der Waals surface area contributed by atoms with Gasteiger partial charge in [0.05, 0.1) is 37.9 Å². The molecule has 10 nitrogen and oxygen atoms in total. The predicted octanol–water partition coefficient (Wildman–Crippen LogP) is 1.44. The highest BCUT2D eigenvalue weighted by atomic mass is 35.5. The van der Waals surface area contributed by atoms with E-state index in [1.807, 2.05) is 28.9 Å². The third kappa shape index (κ3) is 4.58. The van der Waals surface area contributed by atoms with Gasteiger partial charge in [-0.3, -0.25) is 0 Å². The third-order valence-corrected chi connectivity index (χ3v) is 6.20. The summed E-state index contributed by atoms with van der Waals surface area (Å²) >= 11 is 6.04. The zero-order chi connectivity index (χ0) is 22.0. The number of likely N-dealkylation sites (tertiary alicyclic amines) is 1. The van der Waals surface area contributed by atoms with Crippen molar-refractivity contribution in [1.82, 2.24) is 30.1 Å². The fraction of sp³-hybridized carbons (Fsp3) is 0.476. The molecule has 2 aliphatic rings. The number of piperidine rings is 1. The van der Waals surface area contributed by atoms with Crippen molar-refractivity contribution in [3.8, 4) is 0 Å². The number of H-pyrrole nitrogens is 1. The number of rotatable bonds is 6. The van der Waals surface area contributed by atoms with Crippen LogP contribution in [-0.4, -0.2) is 63.3 Å². The quantitative estimate of drug-likeness (QED) is 0.478. The van der Waals surface area contributed by atoms with Crippen molar-refractivity contribution in [3.63, 3.8) is 0 Å². The van der Waals surface area contributed by atoms with E-state index in [4.69, 9.17) is 26.8 Å². The van der Waals surface area contributed by atoms with Crippen LogP contribution in [0.25, 0.3) is 11.0 Å². The molecule has 1 aromatic carbocycles. The Bertz CT molecular complexity index is 1140. The number of nitrogen functional groups attached to an aromatic ring is 1. The van der Waals surface area contributed by atoms with E-state index in [1.165, 1.54) is 0 Å². The number of anilines is 1. The molecule has 2 aliphatic heterocycles. The molecule has 0 amide bonds. The number of benzene rings is 1. The summed E-state index contributed by atoms with van der Waals surface area (Å²) in [6, 6.07) is 7.64. The summed E-state index contributed by atoms with van der Waals surface area (Å²) < 4.78 is 13.5. The highest BCUT2D eigenvalue weighted by Gasteiger charge is 2.39. The molecule has 11 heteroatoms. The van der Waals surface area contributed by atoms with E-state index in [-0.39, 0.29) is 11.7 Å². The average Bonchev–Trinajstić information content (AvgIpc) is 3.41. The number of aromatic nitrogens is 4. The lowest BCUT2D eigenvalue weighted by molar-refractivity contribution is -0.185. The zero-order valence-electron chi connectivity index (χ0n) is 17.8. The summed E-state index contributed by atoms with van der Waals surface area (Å²) in [5.74, 6) is -0.0621. The standard InChI is InChI=1S/C21H27ClN8O2/c22-16-3-1-2-15(12-16)13-24-28-18-17-14-25-30(19(17)27-20(23)26-18)9-8-29-6-4-21(5-7-29)31-10-11-32-21/h1-3,12,14,24H,4-11,13H2,(H3,23,26,27,28). The number of nitrogens with zero attached hydrogens (tertiary/aromatic N) is 5. The summed E-state index contributed by atoms with van der Waals surface area (Å²) in [4.78, 5) is 9.87. The van der Waals surface area contributed by atoms with Crippen molar-refractivity contribution in [2.75, 3.05) is 38.6 Å². The number of nitrogens with two attached hydrogens (primary N) is 1. The van der Waals surface area contributed by atoms with Gasteiger partial charge in [0, 0.05) is 37.5 Å². The largest absolute Gasteiger partial charge is 0.369 e. The summed E-state index contributed by atoms with van der Waals surface area (Å²) in [5, 5.41) is 10.5. The van der Waals surface area contributed by atoms with Gasteiger partial charge in [0.1, 0.15) is 0 Å². The van der Waals surface area contributed by atoms with E-state index in [9.17, 15) is 0 Å². The molecule has 4 N–H and O–H groups in total. The molecule has 0 radical (unpaired) electrons.